The predicted octanol–water partition coefficient (Wildman–Crippen LogP) is 5.96. The van der Waals surface area contributed by atoms with E-state index in [-0.39, 0.29) is 11.9 Å². The average Bonchev–Trinajstić information content (AvgIpc) is 3.49. The summed E-state index contributed by atoms with van der Waals surface area (Å²) in [5, 5.41) is 0. The van der Waals surface area contributed by atoms with Crippen molar-refractivity contribution in [3.05, 3.63) is 78.7 Å². The molecule has 0 bridgehead atoms. The van der Waals surface area contributed by atoms with E-state index in [4.69, 9.17) is 14.1 Å². The van der Waals surface area contributed by atoms with Crippen molar-refractivity contribution in [3.63, 3.8) is 0 Å². The minimum Gasteiger partial charge on any atom is -0.496 e. The van der Waals surface area contributed by atoms with Gasteiger partial charge in [0.15, 0.2) is 5.58 Å². The Morgan fingerprint density at radius 3 is 2.78 bits per heavy atom. The van der Waals surface area contributed by atoms with Gasteiger partial charge in [0, 0.05) is 17.0 Å². The Balaban J connectivity index is 1.37. The number of likely N-dealkylation sites (tertiary alicyclic amines) is 1. The maximum atomic E-state index is 12.9. The Kier molecular flexibility index (Phi) is 5.86. The molecule has 0 spiro atoms. The van der Waals surface area contributed by atoms with Gasteiger partial charge in [-0.3, -0.25) is 4.79 Å². The van der Waals surface area contributed by atoms with Crippen molar-refractivity contribution < 1.29 is 13.9 Å². The third-order valence-electron chi connectivity index (χ3n) is 5.79. The minimum absolute atomic E-state index is 0.110. The quantitative estimate of drug-likeness (QED) is 0.344. The number of nitrogens with zero attached hydrogens (tertiary/aromatic N) is 2. The topological polar surface area (TPSA) is 55.6 Å². The molecule has 1 saturated heterocycles. The number of fused-ring (bicyclic) bond motifs is 1. The molecule has 3 aromatic carbocycles. The van der Waals surface area contributed by atoms with E-state index in [2.05, 4.69) is 0 Å². The third-order valence-corrected chi connectivity index (χ3v) is 6.78. The summed E-state index contributed by atoms with van der Waals surface area (Å²) in [6, 6.07) is 23.8. The molecule has 1 unspecified atom stereocenters. The number of thioether (sulfide) groups is 1. The van der Waals surface area contributed by atoms with E-state index >= 15 is 0 Å². The standard InChI is InChI=1S/C26H24N2O3S/c1-30-23-12-6-5-10-20(23)18-13-14-24-21(16-18)27-26(31-24)22-11-7-15-28(22)25(29)17-32-19-8-3-2-4-9-19/h2-6,8-10,12-14,16,22H,7,11,15,17H2,1H3. The normalized spacial score (nSPS) is 15.9. The molecule has 5 nitrogen and oxygen atoms in total. The van der Waals surface area contributed by atoms with Crippen molar-refractivity contribution in [2.75, 3.05) is 19.4 Å². The molecule has 1 atom stereocenters. The van der Waals surface area contributed by atoms with E-state index in [9.17, 15) is 4.79 Å². The van der Waals surface area contributed by atoms with Crippen LogP contribution in [0.1, 0.15) is 24.8 Å². The van der Waals surface area contributed by atoms with Gasteiger partial charge in [-0.25, -0.2) is 4.98 Å². The summed E-state index contributed by atoms with van der Waals surface area (Å²) in [7, 11) is 1.67. The number of amides is 1. The lowest BCUT2D eigenvalue weighted by atomic mass is 10.0. The van der Waals surface area contributed by atoms with Crippen LogP contribution in [0.2, 0.25) is 0 Å². The van der Waals surface area contributed by atoms with Crippen LogP contribution in [-0.2, 0) is 4.79 Å². The Bertz CT molecular complexity index is 1240. The molecule has 32 heavy (non-hydrogen) atoms. The number of hydrogen-bond donors (Lipinski definition) is 0. The molecule has 162 valence electrons. The SMILES string of the molecule is COc1ccccc1-c1ccc2oc(C3CCCN3C(=O)CSc3ccccc3)nc2c1. The lowest BCUT2D eigenvalue weighted by Crippen LogP contribution is -2.32. The van der Waals surface area contributed by atoms with Crippen LogP contribution in [0.4, 0.5) is 0 Å². The second-order valence-corrected chi connectivity index (χ2v) is 8.83. The van der Waals surface area contributed by atoms with Crippen LogP contribution in [-0.4, -0.2) is 35.2 Å². The van der Waals surface area contributed by atoms with E-state index in [1.165, 1.54) is 0 Å². The molecule has 1 fully saturated rings. The number of hydrogen-bond acceptors (Lipinski definition) is 5. The van der Waals surface area contributed by atoms with E-state index in [0.29, 0.717) is 11.6 Å². The summed E-state index contributed by atoms with van der Waals surface area (Å²) in [6.45, 7) is 0.740. The third kappa shape index (κ3) is 4.10. The van der Waals surface area contributed by atoms with Crippen LogP contribution in [0.3, 0.4) is 0 Å². The van der Waals surface area contributed by atoms with E-state index in [1.54, 1.807) is 18.9 Å². The van der Waals surface area contributed by atoms with Gasteiger partial charge in [-0.1, -0.05) is 42.5 Å². The second kappa shape index (κ2) is 9.09. The summed E-state index contributed by atoms with van der Waals surface area (Å²) in [6.07, 6.45) is 1.82. The van der Waals surface area contributed by atoms with Gasteiger partial charge in [-0.05, 0) is 48.7 Å². The van der Waals surface area contributed by atoms with Gasteiger partial charge >= 0.3 is 0 Å². The van der Waals surface area contributed by atoms with Gasteiger partial charge in [0.2, 0.25) is 11.8 Å². The number of methoxy groups -OCH3 is 1. The number of rotatable bonds is 6. The first-order valence-electron chi connectivity index (χ1n) is 10.7. The van der Waals surface area contributed by atoms with Gasteiger partial charge in [0.05, 0.1) is 12.9 Å². The van der Waals surface area contributed by atoms with Crippen molar-refractivity contribution in [2.24, 2.45) is 0 Å². The molecule has 0 N–H and O–H groups in total. The van der Waals surface area contributed by atoms with Gasteiger partial charge in [-0.2, -0.15) is 0 Å². The van der Waals surface area contributed by atoms with Gasteiger partial charge < -0.3 is 14.1 Å². The molecule has 4 aromatic rings. The number of aromatic nitrogens is 1. The minimum atomic E-state index is -0.110. The molecule has 5 rings (SSSR count). The van der Waals surface area contributed by atoms with Crippen molar-refractivity contribution in [1.29, 1.82) is 0 Å². The number of carbonyl (C=O) groups excluding carboxylic acids is 1. The van der Waals surface area contributed by atoms with Gasteiger partial charge in [0.25, 0.3) is 0 Å². The lowest BCUT2D eigenvalue weighted by molar-refractivity contribution is -0.129. The number of para-hydroxylation sites is 1. The lowest BCUT2D eigenvalue weighted by Gasteiger charge is -2.22. The zero-order valence-corrected chi connectivity index (χ0v) is 18.7. The highest BCUT2D eigenvalue weighted by molar-refractivity contribution is 8.00. The Labute approximate surface area is 191 Å². The van der Waals surface area contributed by atoms with E-state index in [1.807, 2.05) is 77.7 Å². The van der Waals surface area contributed by atoms with Crippen LogP contribution in [0.15, 0.2) is 82.1 Å². The second-order valence-electron chi connectivity index (χ2n) is 7.78. The van der Waals surface area contributed by atoms with Crippen LogP contribution in [0.25, 0.3) is 22.2 Å². The van der Waals surface area contributed by atoms with Crippen LogP contribution in [0.5, 0.6) is 5.75 Å². The van der Waals surface area contributed by atoms with E-state index in [0.717, 1.165) is 52.3 Å². The number of oxazole rings is 1. The van der Waals surface area contributed by atoms with Crippen LogP contribution in [0, 0.1) is 0 Å². The monoisotopic (exact) mass is 444 g/mol. The number of benzene rings is 3. The Morgan fingerprint density at radius 1 is 1.12 bits per heavy atom. The molecular weight excluding hydrogens is 420 g/mol. The number of ether oxygens (including phenoxy) is 1. The summed E-state index contributed by atoms with van der Waals surface area (Å²) >= 11 is 1.57. The summed E-state index contributed by atoms with van der Waals surface area (Å²) < 4.78 is 11.6. The first-order chi connectivity index (χ1) is 15.7. The molecule has 0 aliphatic carbocycles. The molecule has 0 radical (unpaired) electrons. The molecular formula is C26H24N2O3S. The molecule has 0 saturated carbocycles. The number of carbonyl (C=O) groups is 1. The zero-order chi connectivity index (χ0) is 21.9. The summed E-state index contributed by atoms with van der Waals surface area (Å²) in [4.78, 5) is 20.7. The highest BCUT2D eigenvalue weighted by Gasteiger charge is 2.33. The van der Waals surface area contributed by atoms with Crippen molar-refractivity contribution in [2.45, 2.75) is 23.8 Å². The first-order valence-corrected chi connectivity index (χ1v) is 11.7. The fraction of sp³-hybridized carbons (Fsp3) is 0.231. The Morgan fingerprint density at radius 2 is 1.94 bits per heavy atom. The smallest absolute Gasteiger partial charge is 0.233 e. The van der Waals surface area contributed by atoms with Gasteiger partial charge in [-0.15, -0.1) is 11.8 Å². The summed E-state index contributed by atoms with van der Waals surface area (Å²) in [5.41, 5.74) is 3.56. The fourth-order valence-electron chi connectivity index (χ4n) is 4.21. The zero-order valence-electron chi connectivity index (χ0n) is 17.9. The largest absolute Gasteiger partial charge is 0.496 e. The summed E-state index contributed by atoms with van der Waals surface area (Å²) in [5.74, 6) is 1.98. The molecule has 1 amide bonds. The Hall–Kier alpha value is -3.25. The van der Waals surface area contributed by atoms with Gasteiger partial charge in [0.1, 0.15) is 17.3 Å². The fourth-order valence-corrected chi connectivity index (χ4v) is 5.01. The molecule has 2 heterocycles. The van der Waals surface area contributed by atoms with Crippen molar-refractivity contribution >= 4 is 28.8 Å². The molecule has 1 aliphatic rings. The van der Waals surface area contributed by atoms with Crippen LogP contribution >= 0.6 is 11.8 Å². The highest BCUT2D eigenvalue weighted by Crippen LogP contribution is 2.36. The molecule has 1 aromatic heterocycles. The van der Waals surface area contributed by atoms with E-state index < -0.39 is 0 Å². The van der Waals surface area contributed by atoms with Crippen molar-refractivity contribution in [1.82, 2.24) is 9.88 Å². The maximum absolute atomic E-state index is 12.9. The first kappa shape index (κ1) is 20.6. The average molecular weight is 445 g/mol. The predicted molar refractivity (Wildman–Crippen MR) is 127 cm³/mol. The molecule has 1 aliphatic heterocycles. The highest BCUT2D eigenvalue weighted by atomic mass is 32.2. The van der Waals surface area contributed by atoms with Crippen molar-refractivity contribution in [3.8, 4) is 16.9 Å². The maximum Gasteiger partial charge on any atom is 0.233 e. The molecule has 6 heteroatoms. The van der Waals surface area contributed by atoms with Crippen LogP contribution < -0.4 is 4.74 Å².